The van der Waals surface area contributed by atoms with Crippen LogP contribution in [0.5, 0.6) is 0 Å². The second-order valence-corrected chi connectivity index (χ2v) is 52.7. The summed E-state index contributed by atoms with van der Waals surface area (Å²) in [6.45, 7) is 30.7. The molecule has 12 aliphatic carbocycles. The number of rotatable bonds is 39. The minimum atomic E-state index is -0.516. The van der Waals surface area contributed by atoms with Gasteiger partial charge in [0.1, 0.15) is 46.8 Å². The van der Waals surface area contributed by atoms with Crippen LogP contribution in [0.25, 0.3) is 0 Å². The number of ketones is 7. The molecule has 24 unspecified atom stereocenters. The number of unbranched alkanes of at least 4 members (excludes halogenated alkanes) is 12. The van der Waals surface area contributed by atoms with Crippen LogP contribution in [0, 0.1) is 188 Å². The molecule has 0 saturated heterocycles. The molecule has 0 aromatic rings. The first-order valence-corrected chi connectivity index (χ1v) is 59.6. The Bertz CT molecular complexity index is 3380. The molecule has 12 aliphatic rings. The predicted molar refractivity (Wildman–Crippen MR) is 552 cm³/mol. The van der Waals surface area contributed by atoms with E-state index in [1.54, 1.807) is 6.92 Å². The minimum absolute atomic E-state index is 0.0535. The lowest BCUT2D eigenvalue weighted by Gasteiger charge is -2.52. The molecule has 0 amide bonds. The van der Waals surface area contributed by atoms with E-state index in [1.165, 1.54) is 257 Å². The molecular weight excluding hydrogens is 1620 g/mol. The molecule has 132 heavy (non-hydrogen) atoms. The molecule has 12 saturated carbocycles. The van der Waals surface area contributed by atoms with Gasteiger partial charge in [0, 0.05) is 86.4 Å². The first kappa shape index (κ1) is 110. The highest BCUT2D eigenvalue weighted by molar-refractivity contribution is 5.95. The third kappa shape index (κ3) is 34.3. The highest BCUT2D eigenvalue weighted by Crippen LogP contribution is 2.59. The molecule has 756 valence electrons. The Morgan fingerprint density at radius 1 is 0.455 bits per heavy atom. The van der Waals surface area contributed by atoms with Crippen LogP contribution in [0.1, 0.15) is 546 Å². The van der Waals surface area contributed by atoms with E-state index in [1.807, 2.05) is 0 Å². The maximum atomic E-state index is 17.2. The van der Waals surface area contributed by atoms with Gasteiger partial charge in [-0.15, -0.1) is 0 Å². The maximum absolute atomic E-state index is 17.2. The lowest BCUT2D eigenvalue weighted by molar-refractivity contribution is -0.138. The smallest absolute Gasteiger partial charge is 0.140 e. The third-order valence-electron chi connectivity index (χ3n) is 41.3. The van der Waals surface area contributed by atoms with E-state index in [0.717, 1.165) is 164 Å². The zero-order valence-electron chi connectivity index (χ0n) is 88.9. The standard InChI is InChI=1S/C124H212O8/c1-14-15-16-25-57-114-115(58-26-21-20-24-48-98(71-90(7)111-54-36-28-42-89(111)6)108-70-87(4)83-124(13,84-108)121(131)82-105-77-101-51-34-38-56-113(101)116(92(105)9)72-91(8)126)122(132)104(52-30-27-41-88(5)86(2)3)81-120(130)107(78-103-64-63-97-47-33-37-55-112(97)103)79-110(128)67-66-109(127)53-35-29-44-93(43-23-19-17-18-22-39-69-123(10,11)12)45-40-46-94-59-61-95(62-60-94)73-102(65-68-119(114)129)117-75-96(85-125)74-106-76-99-49-31-32-50-100(99)80-118(106)117/h85-90,92-108,111-118H,14-84H2,1-13H3/t87?,88?,89?,90?,92?,93?,94?,95?,96?,97?,98-,99?,100?,101?,102?,103?,104-,105-,106?,107-,108?,111?,112?,113?,114?,115?,116?,117?,118?,124?/m1/s1. The molecule has 0 N–H and O–H groups in total. The summed E-state index contributed by atoms with van der Waals surface area (Å²) >= 11 is 0. The average molecular weight is 1830 g/mol. The molecule has 0 heterocycles. The van der Waals surface area contributed by atoms with Gasteiger partial charge in [-0.3, -0.25) is 28.8 Å². The number of carbonyl (C=O) groups excluding carboxylic acids is 8. The van der Waals surface area contributed by atoms with Crippen LogP contribution < -0.4 is 0 Å². The number of fused-ring (bicyclic) bond motifs is 30. The summed E-state index contributed by atoms with van der Waals surface area (Å²) in [5.41, 5.74) is 0.0644. The predicted octanol–water partition coefficient (Wildman–Crippen LogP) is 34.7. The fourth-order valence-corrected chi connectivity index (χ4v) is 33.2. The van der Waals surface area contributed by atoms with Crippen molar-refractivity contribution < 1.29 is 38.4 Å². The van der Waals surface area contributed by atoms with Crippen molar-refractivity contribution in [2.75, 3.05) is 0 Å². The van der Waals surface area contributed by atoms with Gasteiger partial charge in [0.25, 0.3) is 0 Å². The van der Waals surface area contributed by atoms with E-state index in [0.29, 0.717) is 186 Å². The zero-order valence-corrected chi connectivity index (χ0v) is 88.9. The molecule has 12 fully saturated rings. The molecule has 2 bridgehead atoms. The van der Waals surface area contributed by atoms with Crippen LogP contribution in [-0.4, -0.2) is 46.8 Å². The average Bonchev–Trinajstić information content (AvgIpc) is 1.30. The fraction of sp³-hybridized carbons (Fsp3) is 0.935. The van der Waals surface area contributed by atoms with Gasteiger partial charge in [-0.1, -0.05) is 346 Å². The van der Waals surface area contributed by atoms with E-state index in [2.05, 4.69) is 83.1 Å². The number of carbonyl (C=O) groups is 8. The molecule has 0 aliphatic heterocycles. The molecule has 0 spiro atoms. The normalized spacial score (nSPS) is 37.1. The summed E-state index contributed by atoms with van der Waals surface area (Å²) in [5, 5.41) is 0. The van der Waals surface area contributed by atoms with Crippen molar-refractivity contribution in [3.63, 3.8) is 0 Å². The second-order valence-electron chi connectivity index (χ2n) is 52.7. The van der Waals surface area contributed by atoms with Crippen LogP contribution in [0.15, 0.2) is 0 Å². The van der Waals surface area contributed by atoms with Gasteiger partial charge < -0.3 is 9.59 Å². The molecule has 12 rings (SSSR count). The largest absolute Gasteiger partial charge is 0.303 e. The third-order valence-corrected chi connectivity index (χ3v) is 41.3. The molecule has 28 atom stereocenters. The second kappa shape index (κ2) is 56.3. The number of aldehydes is 1. The lowest BCUT2D eigenvalue weighted by atomic mass is 9.53. The number of hydrogen-bond donors (Lipinski definition) is 0. The van der Waals surface area contributed by atoms with Crippen molar-refractivity contribution in [1.82, 2.24) is 0 Å². The maximum Gasteiger partial charge on any atom is 0.140 e. The van der Waals surface area contributed by atoms with Crippen LogP contribution in [0.4, 0.5) is 0 Å². The van der Waals surface area contributed by atoms with E-state index in [9.17, 15) is 19.2 Å². The SMILES string of the molecule is CCCCCCC1C(=O)CCC(C2CC(C=O)CC3CC4CCCCC4CC32)CC2CCC(CCCC(CCCCCCCCC(C)(C)C)CCCCC(=O)CCC(=O)C[C@@H](CC3CCC4CCCCC43)C(=O)C[C@@H](CCCCC(C)C(C)C)C(=O)C1CCCCCC[C@H](CC(C)C1CCCCC1C)C1CC(C)CC(C)(C(=O)C[C@H]3CC4CCCCC4C(CC(C)=O)C3C)C1)CC2. The number of hydrogen-bond acceptors (Lipinski definition) is 8. The van der Waals surface area contributed by atoms with Gasteiger partial charge >= 0.3 is 0 Å². The Labute approximate surface area is 814 Å². The Morgan fingerprint density at radius 2 is 1.06 bits per heavy atom. The monoisotopic (exact) mass is 1830 g/mol. The molecule has 0 aromatic heterocycles. The van der Waals surface area contributed by atoms with Gasteiger partial charge in [-0.25, -0.2) is 0 Å². The zero-order chi connectivity index (χ0) is 94.3. The van der Waals surface area contributed by atoms with E-state index < -0.39 is 23.7 Å². The van der Waals surface area contributed by atoms with E-state index >= 15 is 19.2 Å². The van der Waals surface area contributed by atoms with Gasteiger partial charge in [0.05, 0.1) is 0 Å². The van der Waals surface area contributed by atoms with Crippen LogP contribution in [-0.2, 0) is 38.4 Å². The van der Waals surface area contributed by atoms with Crippen molar-refractivity contribution in [3.8, 4) is 0 Å². The molecule has 8 nitrogen and oxygen atoms in total. The Kier molecular flexibility index (Phi) is 46.8. The van der Waals surface area contributed by atoms with Crippen molar-refractivity contribution in [1.29, 1.82) is 0 Å². The van der Waals surface area contributed by atoms with Gasteiger partial charge in [0.15, 0.2) is 0 Å². The quantitative estimate of drug-likeness (QED) is 0.0438. The molecule has 8 heteroatoms. The Balaban J connectivity index is 0.887. The molecular formula is C124H212O8. The van der Waals surface area contributed by atoms with Crippen molar-refractivity contribution in [2.24, 2.45) is 188 Å². The van der Waals surface area contributed by atoms with E-state index in [-0.39, 0.29) is 60.1 Å². The fourth-order valence-electron chi connectivity index (χ4n) is 33.2. The topological polar surface area (TPSA) is 137 Å². The summed E-state index contributed by atoms with van der Waals surface area (Å²) in [7, 11) is 0. The van der Waals surface area contributed by atoms with Crippen molar-refractivity contribution >= 4 is 46.8 Å². The summed E-state index contributed by atoms with van der Waals surface area (Å²) in [6.07, 6.45) is 78.0. The summed E-state index contributed by atoms with van der Waals surface area (Å²) in [5.74, 6) is 14.5. The van der Waals surface area contributed by atoms with Crippen molar-refractivity contribution in [2.45, 2.75) is 546 Å². The van der Waals surface area contributed by atoms with Gasteiger partial charge in [0.2, 0.25) is 0 Å². The number of Topliss-reactive ketones (excluding diaryl/α,β-unsaturated/α-hetero) is 7. The summed E-state index contributed by atoms with van der Waals surface area (Å²) in [4.78, 5) is 121. The van der Waals surface area contributed by atoms with Crippen LogP contribution in [0.3, 0.4) is 0 Å². The minimum Gasteiger partial charge on any atom is -0.303 e. The Hall–Kier alpha value is -2.64. The summed E-state index contributed by atoms with van der Waals surface area (Å²) < 4.78 is 0. The van der Waals surface area contributed by atoms with Gasteiger partial charge in [-0.05, 0) is 302 Å². The molecule has 0 radical (unpaired) electrons. The van der Waals surface area contributed by atoms with E-state index in [4.69, 9.17) is 0 Å². The van der Waals surface area contributed by atoms with Crippen LogP contribution >= 0.6 is 0 Å². The molecule has 0 aromatic carbocycles. The highest BCUT2D eigenvalue weighted by atomic mass is 16.2. The van der Waals surface area contributed by atoms with Crippen LogP contribution in [0.2, 0.25) is 0 Å². The lowest BCUT2D eigenvalue weighted by Crippen LogP contribution is -2.44. The summed E-state index contributed by atoms with van der Waals surface area (Å²) in [6, 6.07) is 0. The first-order valence-electron chi connectivity index (χ1n) is 59.6. The highest BCUT2D eigenvalue weighted by Gasteiger charge is 2.52. The van der Waals surface area contributed by atoms with Gasteiger partial charge in [-0.2, -0.15) is 0 Å². The van der Waals surface area contributed by atoms with Crippen molar-refractivity contribution in [3.05, 3.63) is 0 Å². The Morgan fingerprint density at radius 3 is 1.78 bits per heavy atom. The first-order chi connectivity index (χ1) is 63.5.